The Labute approximate surface area is 102 Å². The molecule has 2 atom stereocenters. The van der Waals surface area contributed by atoms with Crippen molar-refractivity contribution < 1.29 is 0 Å². The average Bonchev–Trinajstić information content (AvgIpc) is 2.23. The molecule has 1 aliphatic rings. The lowest BCUT2D eigenvalue weighted by Gasteiger charge is -2.29. The van der Waals surface area contributed by atoms with Crippen molar-refractivity contribution in [3.8, 4) is 0 Å². The molecule has 1 heteroatoms. The first-order valence-electron chi connectivity index (χ1n) is 7.26. The van der Waals surface area contributed by atoms with Gasteiger partial charge in [0.15, 0.2) is 0 Å². The smallest absolute Gasteiger partial charge is 0.00965 e. The normalized spacial score (nSPS) is 27.0. The molecule has 0 amide bonds. The van der Waals surface area contributed by atoms with Crippen LogP contribution in [0.25, 0.3) is 0 Å². The molecule has 1 aliphatic carbocycles. The van der Waals surface area contributed by atoms with E-state index in [-0.39, 0.29) is 0 Å². The molecule has 0 aromatic heterocycles. The lowest BCUT2D eigenvalue weighted by Crippen LogP contribution is -2.36. The molecule has 1 nitrogen and oxygen atoms in total. The summed E-state index contributed by atoms with van der Waals surface area (Å²) in [6.07, 6.45) is 10.2. The second kappa shape index (κ2) is 6.64. The fourth-order valence-electron chi connectivity index (χ4n) is 2.89. The van der Waals surface area contributed by atoms with Gasteiger partial charge in [0.05, 0.1) is 0 Å². The molecule has 0 spiro atoms. The van der Waals surface area contributed by atoms with Crippen molar-refractivity contribution in [3.63, 3.8) is 0 Å². The summed E-state index contributed by atoms with van der Waals surface area (Å²) in [5.41, 5.74) is 0.290. The monoisotopic (exact) mass is 225 g/mol. The van der Waals surface area contributed by atoms with Crippen molar-refractivity contribution in [2.24, 2.45) is 11.8 Å². The molecule has 2 unspecified atom stereocenters. The van der Waals surface area contributed by atoms with Crippen LogP contribution in [-0.2, 0) is 0 Å². The Morgan fingerprint density at radius 2 is 1.81 bits per heavy atom. The van der Waals surface area contributed by atoms with Gasteiger partial charge in [0.2, 0.25) is 0 Å². The van der Waals surface area contributed by atoms with Gasteiger partial charge in [0, 0.05) is 5.54 Å². The van der Waals surface area contributed by atoms with Crippen molar-refractivity contribution in [2.45, 2.75) is 78.2 Å². The highest BCUT2D eigenvalue weighted by molar-refractivity contribution is 4.74. The molecule has 0 aliphatic heterocycles. The third-order valence-corrected chi connectivity index (χ3v) is 3.91. The average molecular weight is 225 g/mol. The Kier molecular flexibility index (Phi) is 5.82. The van der Waals surface area contributed by atoms with Gasteiger partial charge < -0.3 is 5.32 Å². The summed E-state index contributed by atoms with van der Waals surface area (Å²) in [6, 6.07) is 0. The molecule has 1 rings (SSSR count). The summed E-state index contributed by atoms with van der Waals surface area (Å²) < 4.78 is 0. The zero-order chi connectivity index (χ0) is 12.0. The largest absolute Gasteiger partial charge is 0.312 e. The van der Waals surface area contributed by atoms with Gasteiger partial charge in [-0.1, -0.05) is 32.6 Å². The zero-order valence-electron chi connectivity index (χ0n) is 11.8. The summed E-state index contributed by atoms with van der Waals surface area (Å²) in [5.74, 6) is 2.06. The van der Waals surface area contributed by atoms with Crippen LogP contribution in [0.5, 0.6) is 0 Å². The van der Waals surface area contributed by atoms with E-state index in [1.807, 2.05) is 0 Å². The Morgan fingerprint density at radius 3 is 2.44 bits per heavy atom. The summed E-state index contributed by atoms with van der Waals surface area (Å²) in [5, 5.41) is 3.59. The van der Waals surface area contributed by atoms with Crippen LogP contribution in [0.15, 0.2) is 0 Å². The van der Waals surface area contributed by atoms with Crippen LogP contribution in [0, 0.1) is 11.8 Å². The topological polar surface area (TPSA) is 12.0 Å². The minimum atomic E-state index is 0.290. The maximum absolute atomic E-state index is 3.59. The highest BCUT2D eigenvalue weighted by Crippen LogP contribution is 2.33. The molecule has 0 radical (unpaired) electrons. The van der Waals surface area contributed by atoms with Crippen LogP contribution >= 0.6 is 0 Å². The van der Waals surface area contributed by atoms with Crippen LogP contribution < -0.4 is 5.32 Å². The Balaban J connectivity index is 2.08. The SMILES string of the molecule is CCC1CCCC(CCCNC(C)(C)C)C1. The first-order valence-corrected chi connectivity index (χ1v) is 7.26. The molecule has 1 N–H and O–H groups in total. The summed E-state index contributed by atoms with van der Waals surface area (Å²) in [4.78, 5) is 0. The summed E-state index contributed by atoms with van der Waals surface area (Å²) >= 11 is 0. The third-order valence-electron chi connectivity index (χ3n) is 3.91. The van der Waals surface area contributed by atoms with Gasteiger partial charge >= 0.3 is 0 Å². The first-order chi connectivity index (χ1) is 7.51. The van der Waals surface area contributed by atoms with Crippen LogP contribution in [0.4, 0.5) is 0 Å². The molecule has 96 valence electrons. The fourth-order valence-corrected chi connectivity index (χ4v) is 2.89. The Bertz CT molecular complexity index is 180. The second-order valence-electron chi connectivity index (χ2n) is 6.63. The van der Waals surface area contributed by atoms with Crippen LogP contribution in [0.1, 0.15) is 72.6 Å². The van der Waals surface area contributed by atoms with Crippen molar-refractivity contribution >= 4 is 0 Å². The van der Waals surface area contributed by atoms with E-state index in [1.54, 1.807) is 0 Å². The van der Waals surface area contributed by atoms with Gasteiger partial charge in [0.25, 0.3) is 0 Å². The Hall–Kier alpha value is -0.0400. The quantitative estimate of drug-likeness (QED) is 0.685. The van der Waals surface area contributed by atoms with E-state index in [1.165, 1.54) is 51.5 Å². The van der Waals surface area contributed by atoms with E-state index in [4.69, 9.17) is 0 Å². The number of nitrogens with one attached hydrogen (secondary N) is 1. The Morgan fingerprint density at radius 1 is 1.12 bits per heavy atom. The maximum Gasteiger partial charge on any atom is 0.00965 e. The van der Waals surface area contributed by atoms with E-state index in [0.29, 0.717) is 5.54 Å². The molecule has 1 saturated carbocycles. The van der Waals surface area contributed by atoms with Crippen molar-refractivity contribution in [3.05, 3.63) is 0 Å². The third kappa shape index (κ3) is 5.89. The van der Waals surface area contributed by atoms with Gasteiger partial charge in [0.1, 0.15) is 0 Å². The van der Waals surface area contributed by atoms with Crippen molar-refractivity contribution in [2.75, 3.05) is 6.54 Å². The standard InChI is InChI=1S/C15H31N/c1-5-13-8-6-9-14(12-13)10-7-11-16-15(2,3)4/h13-14,16H,5-12H2,1-4H3. The zero-order valence-corrected chi connectivity index (χ0v) is 11.8. The molecular formula is C15H31N. The van der Waals surface area contributed by atoms with E-state index < -0.39 is 0 Å². The summed E-state index contributed by atoms with van der Waals surface area (Å²) in [7, 11) is 0. The predicted molar refractivity (Wildman–Crippen MR) is 72.7 cm³/mol. The van der Waals surface area contributed by atoms with E-state index in [9.17, 15) is 0 Å². The highest BCUT2D eigenvalue weighted by Gasteiger charge is 2.20. The van der Waals surface area contributed by atoms with Gasteiger partial charge in [-0.2, -0.15) is 0 Å². The van der Waals surface area contributed by atoms with Crippen LogP contribution in [-0.4, -0.2) is 12.1 Å². The fraction of sp³-hybridized carbons (Fsp3) is 1.00. The molecule has 1 fully saturated rings. The number of hydrogen-bond acceptors (Lipinski definition) is 1. The molecular weight excluding hydrogens is 194 g/mol. The molecule has 0 bridgehead atoms. The maximum atomic E-state index is 3.59. The first kappa shape index (κ1) is 14.0. The number of rotatable bonds is 5. The lowest BCUT2D eigenvalue weighted by molar-refractivity contribution is 0.243. The minimum Gasteiger partial charge on any atom is -0.312 e. The molecule has 0 aromatic carbocycles. The molecule has 0 saturated heterocycles. The van der Waals surface area contributed by atoms with Crippen molar-refractivity contribution in [1.82, 2.24) is 5.32 Å². The molecule has 16 heavy (non-hydrogen) atoms. The van der Waals surface area contributed by atoms with Gasteiger partial charge in [-0.05, 0) is 58.4 Å². The second-order valence-corrected chi connectivity index (χ2v) is 6.63. The van der Waals surface area contributed by atoms with E-state index in [0.717, 1.165) is 11.8 Å². The minimum absolute atomic E-state index is 0.290. The lowest BCUT2D eigenvalue weighted by atomic mass is 9.78. The molecule has 0 heterocycles. The van der Waals surface area contributed by atoms with Gasteiger partial charge in [-0.25, -0.2) is 0 Å². The van der Waals surface area contributed by atoms with Gasteiger partial charge in [-0.15, -0.1) is 0 Å². The predicted octanol–water partition coefficient (Wildman–Crippen LogP) is 4.37. The molecule has 0 aromatic rings. The summed E-state index contributed by atoms with van der Waals surface area (Å²) in [6.45, 7) is 10.3. The van der Waals surface area contributed by atoms with Gasteiger partial charge in [-0.3, -0.25) is 0 Å². The number of hydrogen-bond donors (Lipinski definition) is 1. The van der Waals surface area contributed by atoms with E-state index in [2.05, 4.69) is 33.0 Å². The van der Waals surface area contributed by atoms with Crippen molar-refractivity contribution in [1.29, 1.82) is 0 Å². The van der Waals surface area contributed by atoms with E-state index >= 15 is 0 Å². The van der Waals surface area contributed by atoms with Crippen LogP contribution in [0.2, 0.25) is 0 Å². The highest BCUT2D eigenvalue weighted by atomic mass is 14.9. The van der Waals surface area contributed by atoms with Crippen LogP contribution in [0.3, 0.4) is 0 Å².